The van der Waals surface area contributed by atoms with Crippen LogP contribution in [0.15, 0.2) is 73.1 Å². The Bertz CT molecular complexity index is 1420. The Hall–Kier alpha value is -3.68. The summed E-state index contributed by atoms with van der Waals surface area (Å²) in [7, 11) is -1.07. The molecule has 2 fully saturated rings. The highest BCUT2D eigenvalue weighted by Crippen LogP contribution is 2.27. The number of nitrogens with zero attached hydrogens (tertiary/aromatic N) is 4. The minimum Gasteiger partial charge on any atom is -0.481 e. The fourth-order valence-corrected chi connectivity index (χ4v) is 6.34. The largest absolute Gasteiger partial charge is 0.481 e. The number of aliphatic carboxylic acids is 1. The predicted octanol–water partition coefficient (Wildman–Crippen LogP) is 7.84. The maximum absolute atomic E-state index is 12.4. The fraction of sp³-hybridized carbons (Fsp3) is 0.514. The van der Waals surface area contributed by atoms with Crippen molar-refractivity contribution in [2.24, 2.45) is 5.92 Å². The SMILES string of the molecule is CBr.C[Si](C)(C)CCOCn1ccnc1C1CCN(C(=O)OCc2ccccc2)CC1.O=C(O)C1CCN(C(=O)OCc2ccccc2)CC1. The number of carboxylic acids is 1. The zero-order chi connectivity index (χ0) is 36.4. The van der Waals surface area contributed by atoms with Crippen molar-refractivity contribution in [1.82, 2.24) is 19.4 Å². The number of benzene rings is 2. The molecular formula is C37H53BrN4O7Si. The number of hydrogen-bond donors (Lipinski definition) is 1. The third-order valence-corrected chi connectivity index (χ3v) is 10.3. The molecule has 0 radical (unpaired) electrons. The van der Waals surface area contributed by atoms with E-state index < -0.39 is 14.0 Å². The minimum atomic E-state index is -1.07. The second kappa shape index (κ2) is 21.5. The number of piperidine rings is 2. The predicted molar refractivity (Wildman–Crippen MR) is 200 cm³/mol. The summed E-state index contributed by atoms with van der Waals surface area (Å²) in [5, 5.41) is 8.88. The average molecular weight is 774 g/mol. The number of halogens is 1. The molecule has 0 bridgehead atoms. The van der Waals surface area contributed by atoms with E-state index in [9.17, 15) is 14.4 Å². The number of carbonyl (C=O) groups is 3. The molecule has 2 saturated heterocycles. The Morgan fingerprint density at radius 2 is 1.28 bits per heavy atom. The molecule has 2 aliphatic heterocycles. The van der Waals surface area contributed by atoms with Crippen molar-refractivity contribution in [3.05, 3.63) is 90.0 Å². The zero-order valence-corrected chi connectivity index (χ0v) is 32.4. The number of aromatic nitrogens is 2. The molecule has 0 unspecified atom stereocenters. The summed E-state index contributed by atoms with van der Waals surface area (Å²) in [5.74, 6) is 2.11. The molecule has 1 N–H and O–H groups in total. The number of ether oxygens (including phenoxy) is 3. The van der Waals surface area contributed by atoms with Gasteiger partial charge in [0.05, 0.1) is 5.92 Å². The summed E-state index contributed by atoms with van der Waals surface area (Å²) in [6.07, 6.45) is 6.02. The van der Waals surface area contributed by atoms with Crippen LogP contribution in [0.4, 0.5) is 9.59 Å². The molecule has 274 valence electrons. The number of imidazole rings is 1. The van der Waals surface area contributed by atoms with Crippen molar-refractivity contribution in [2.45, 2.75) is 77.2 Å². The normalized spacial score (nSPS) is 15.2. The van der Waals surface area contributed by atoms with Crippen LogP contribution in [0.2, 0.25) is 25.7 Å². The van der Waals surface area contributed by atoms with E-state index in [1.807, 2.05) is 78.9 Å². The molecule has 0 aliphatic carbocycles. The molecular weight excluding hydrogens is 720 g/mol. The van der Waals surface area contributed by atoms with Crippen molar-refractivity contribution in [3.8, 4) is 0 Å². The zero-order valence-electron chi connectivity index (χ0n) is 29.8. The summed E-state index contributed by atoms with van der Waals surface area (Å²) in [5.41, 5.74) is 1.95. The molecule has 3 aromatic rings. The molecule has 13 heteroatoms. The van der Waals surface area contributed by atoms with Gasteiger partial charge in [0.1, 0.15) is 25.8 Å². The van der Waals surface area contributed by atoms with Crippen molar-refractivity contribution in [2.75, 3.05) is 38.6 Å². The number of carboxylic acid groups (broad SMARTS) is 1. The standard InChI is InChI=1S/C22H33N3O3Si.C14H17NO4.CH3Br/c1-29(2,3)16-15-27-18-25-14-11-23-21(25)20-9-12-24(13-10-20)22(26)28-17-19-7-5-4-6-8-19;16-13(17)12-6-8-15(9-7-12)14(18)19-10-11-4-2-1-3-5-11;1-2/h4-8,11,14,20H,9-10,12-13,15-18H2,1-3H3;1-5,12H,6-10H2,(H,16,17);1H3. The molecule has 2 amide bonds. The lowest BCUT2D eigenvalue weighted by Crippen LogP contribution is -2.40. The number of alkyl halides is 1. The maximum atomic E-state index is 12.4. The Morgan fingerprint density at radius 1 is 0.800 bits per heavy atom. The van der Waals surface area contributed by atoms with Crippen molar-refractivity contribution >= 4 is 42.2 Å². The third kappa shape index (κ3) is 14.3. The van der Waals surface area contributed by atoms with Crippen LogP contribution >= 0.6 is 15.9 Å². The van der Waals surface area contributed by atoms with Crippen LogP contribution in [0.3, 0.4) is 0 Å². The van der Waals surface area contributed by atoms with Crippen molar-refractivity contribution < 1.29 is 33.7 Å². The summed E-state index contributed by atoms with van der Waals surface area (Å²) >= 11 is 2.94. The van der Waals surface area contributed by atoms with Crippen LogP contribution in [-0.2, 0) is 38.9 Å². The van der Waals surface area contributed by atoms with Gasteiger partial charge in [0.25, 0.3) is 0 Å². The van der Waals surface area contributed by atoms with E-state index in [1.165, 1.54) is 6.04 Å². The van der Waals surface area contributed by atoms with E-state index in [1.54, 1.807) is 9.80 Å². The summed E-state index contributed by atoms with van der Waals surface area (Å²) in [4.78, 5) is 42.9. The molecule has 2 aromatic carbocycles. The van der Waals surface area contributed by atoms with Gasteiger partial charge in [0.2, 0.25) is 0 Å². The van der Waals surface area contributed by atoms with Gasteiger partial charge in [-0.1, -0.05) is 96.2 Å². The van der Waals surface area contributed by atoms with Gasteiger partial charge in [0, 0.05) is 59.2 Å². The Balaban J connectivity index is 0.000000278. The first-order chi connectivity index (χ1) is 24.1. The van der Waals surface area contributed by atoms with Gasteiger partial charge in [-0.15, -0.1) is 0 Å². The van der Waals surface area contributed by atoms with Gasteiger partial charge < -0.3 is 33.7 Å². The second-order valence-corrected chi connectivity index (χ2v) is 19.2. The summed E-state index contributed by atoms with van der Waals surface area (Å²) in [6.45, 7) is 11.3. The highest BCUT2D eigenvalue weighted by atomic mass is 79.9. The summed E-state index contributed by atoms with van der Waals surface area (Å²) in [6, 6.07) is 20.4. The first-order valence-corrected chi connectivity index (χ1v) is 22.5. The van der Waals surface area contributed by atoms with E-state index in [0.29, 0.717) is 58.3 Å². The van der Waals surface area contributed by atoms with Crippen LogP contribution in [-0.4, -0.2) is 89.3 Å². The quantitative estimate of drug-likeness (QED) is 0.119. The van der Waals surface area contributed by atoms with E-state index in [4.69, 9.17) is 19.3 Å². The van der Waals surface area contributed by atoms with Crippen LogP contribution in [0, 0.1) is 5.92 Å². The topological polar surface area (TPSA) is 123 Å². The van der Waals surface area contributed by atoms with Crippen LogP contribution in [0.1, 0.15) is 48.6 Å². The minimum absolute atomic E-state index is 0.231. The van der Waals surface area contributed by atoms with Gasteiger partial charge >= 0.3 is 18.2 Å². The Kier molecular flexibility index (Phi) is 17.5. The molecule has 5 rings (SSSR count). The molecule has 0 atom stereocenters. The number of likely N-dealkylation sites (tertiary alicyclic amines) is 2. The van der Waals surface area contributed by atoms with Gasteiger partial charge in [-0.05, 0) is 48.7 Å². The van der Waals surface area contributed by atoms with Crippen LogP contribution in [0.5, 0.6) is 0 Å². The number of carbonyl (C=O) groups excluding carboxylic acids is 2. The molecule has 0 spiro atoms. The smallest absolute Gasteiger partial charge is 0.410 e. The highest BCUT2D eigenvalue weighted by molar-refractivity contribution is 9.08. The maximum Gasteiger partial charge on any atom is 0.410 e. The van der Waals surface area contributed by atoms with Gasteiger partial charge in [-0.25, -0.2) is 14.6 Å². The lowest BCUT2D eigenvalue weighted by atomic mass is 9.96. The summed E-state index contributed by atoms with van der Waals surface area (Å²) < 4.78 is 18.7. The van der Waals surface area contributed by atoms with Gasteiger partial charge in [0.15, 0.2) is 0 Å². The van der Waals surface area contributed by atoms with E-state index in [-0.39, 0.29) is 24.7 Å². The first kappa shape index (κ1) is 40.7. The third-order valence-electron chi connectivity index (χ3n) is 8.61. The lowest BCUT2D eigenvalue weighted by Gasteiger charge is -2.31. The number of hydrogen-bond acceptors (Lipinski definition) is 7. The lowest BCUT2D eigenvalue weighted by molar-refractivity contribution is -0.143. The molecule has 3 heterocycles. The van der Waals surface area contributed by atoms with Crippen LogP contribution < -0.4 is 0 Å². The van der Waals surface area contributed by atoms with E-state index in [0.717, 1.165) is 36.4 Å². The average Bonchev–Trinajstić information content (AvgIpc) is 3.62. The van der Waals surface area contributed by atoms with Gasteiger partial charge in [-0.3, -0.25) is 4.79 Å². The molecule has 2 aliphatic rings. The molecule has 0 saturated carbocycles. The van der Waals surface area contributed by atoms with Crippen LogP contribution in [0.25, 0.3) is 0 Å². The van der Waals surface area contributed by atoms with E-state index in [2.05, 4.69) is 45.1 Å². The monoisotopic (exact) mass is 772 g/mol. The van der Waals surface area contributed by atoms with E-state index >= 15 is 0 Å². The van der Waals surface area contributed by atoms with Gasteiger partial charge in [-0.2, -0.15) is 0 Å². The second-order valence-electron chi connectivity index (χ2n) is 13.5. The molecule has 50 heavy (non-hydrogen) atoms. The molecule has 1 aromatic heterocycles. The number of rotatable bonds is 11. The fourth-order valence-electron chi connectivity index (χ4n) is 5.58. The number of amides is 2. The van der Waals surface area contributed by atoms with Crippen molar-refractivity contribution in [3.63, 3.8) is 0 Å². The highest BCUT2D eigenvalue weighted by Gasteiger charge is 2.28. The van der Waals surface area contributed by atoms with Crippen molar-refractivity contribution in [1.29, 1.82) is 0 Å². The molecule has 11 nitrogen and oxygen atoms in total. The first-order valence-electron chi connectivity index (χ1n) is 17.2. The Labute approximate surface area is 306 Å². The Morgan fingerprint density at radius 3 is 1.74 bits per heavy atom.